The molecule has 2 saturated heterocycles. The van der Waals surface area contributed by atoms with Gasteiger partial charge in [-0.1, -0.05) is 0 Å². The molecule has 3 unspecified atom stereocenters. The molecule has 70 valence electrons. The third kappa shape index (κ3) is 1.26. The highest BCUT2D eigenvalue weighted by Gasteiger charge is 2.42. The van der Waals surface area contributed by atoms with E-state index in [9.17, 15) is 0 Å². The predicted octanol–water partition coefficient (Wildman–Crippen LogP) is 0.130. The van der Waals surface area contributed by atoms with E-state index in [0.29, 0.717) is 6.23 Å². The molecule has 0 aromatic rings. The summed E-state index contributed by atoms with van der Waals surface area (Å²) in [5.41, 5.74) is 0. The summed E-state index contributed by atoms with van der Waals surface area (Å²) in [7, 11) is 3.95. The standard InChI is InChI=1S/C9H18N2O/c1-11-6-8(9(11)12-2)7-3-4-10-5-7/h7-10H,3-6H2,1-2H3. The van der Waals surface area contributed by atoms with E-state index in [1.165, 1.54) is 26.1 Å². The second-order valence-corrected chi connectivity index (χ2v) is 3.98. The summed E-state index contributed by atoms with van der Waals surface area (Å²) in [5.74, 6) is 1.63. The maximum atomic E-state index is 5.42. The molecule has 0 amide bonds. The van der Waals surface area contributed by atoms with Gasteiger partial charge in [-0.3, -0.25) is 4.90 Å². The van der Waals surface area contributed by atoms with E-state index in [-0.39, 0.29) is 0 Å². The quantitative estimate of drug-likeness (QED) is 0.637. The van der Waals surface area contributed by atoms with Gasteiger partial charge in [0.2, 0.25) is 0 Å². The highest BCUT2D eigenvalue weighted by molar-refractivity contribution is 4.91. The number of hydrogen-bond donors (Lipinski definition) is 1. The second-order valence-electron chi connectivity index (χ2n) is 3.98. The molecule has 2 aliphatic rings. The molecule has 2 rings (SSSR count). The zero-order chi connectivity index (χ0) is 8.55. The van der Waals surface area contributed by atoms with Gasteiger partial charge in [0.15, 0.2) is 0 Å². The molecule has 0 spiro atoms. The summed E-state index contributed by atoms with van der Waals surface area (Å²) in [5, 5.41) is 3.41. The van der Waals surface area contributed by atoms with Gasteiger partial charge in [-0.2, -0.15) is 0 Å². The van der Waals surface area contributed by atoms with Crippen LogP contribution in [-0.2, 0) is 4.74 Å². The molecule has 2 aliphatic heterocycles. The highest BCUT2D eigenvalue weighted by Crippen LogP contribution is 2.33. The second kappa shape index (κ2) is 3.32. The molecular weight excluding hydrogens is 152 g/mol. The van der Waals surface area contributed by atoms with Crippen LogP contribution < -0.4 is 5.32 Å². The Balaban J connectivity index is 1.88. The number of ether oxygens (including phenoxy) is 1. The smallest absolute Gasteiger partial charge is 0.114 e. The average molecular weight is 170 g/mol. The van der Waals surface area contributed by atoms with Gasteiger partial charge < -0.3 is 10.1 Å². The van der Waals surface area contributed by atoms with Crippen molar-refractivity contribution < 1.29 is 4.74 Å². The Morgan fingerprint density at radius 3 is 2.83 bits per heavy atom. The molecule has 2 fully saturated rings. The van der Waals surface area contributed by atoms with Crippen molar-refractivity contribution in [2.24, 2.45) is 11.8 Å². The Hall–Kier alpha value is -0.120. The maximum absolute atomic E-state index is 5.42. The first kappa shape index (κ1) is 8.48. The van der Waals surface area contributed by atoms with Gasteiger partial charge in [-0.25, -0.2) is 0 Å². The van der Waals surface area contributed by atoms with E-state index in [1.807, 2.05) is 7.11 Å². The Morgan fingerprint density at radius 1 is 1.50 bits per heavy atom. The first-order chi connectivity index (χ1) is 5.83. The molecule has 3 heteroatoms. The lowest BCUT2D eigenvalue weighted by Crippen LogP contribution is -2.57. The minimum absolute atomic E-state index is 0.384. The van der Waals surface area contributed by atoms with E-state index in [0.717, 1.165) is 11.8 Å². The van der Waals surface area contributed by atoms with Crippen molar-refractivity contribution in [3.63, 3.8) is 0 Å². The van der Waals surface area contributed by atoms with Crippen molar-refractivity contribution in [1.82, 2.24) is 10.2 Å². The number of likely N-dealkylation sites (tertiary alicyclic amines) is 1. The molecule has 1 N–H and O–H groups in total. The average Bonchev–Trinajstić information content (AvgIpc) is 2.52. The number of nitrogens with one attached hydrogen (secondary N) is 1. The third-order valence-electron chi connectivity index (χ3n) is 3.24. The molecule has 0 aliphatic carbocycles. The van der Waals surface area contributed by atoms with Gasteiger partial charge in [-0.15, -0.1) is 0 Å². The van der Waals surface area contributed by atoms with E-state index in [2.05, 4.69) is 17.3 Å². The Labute approximate surface area is 74.1 Å². The minimum atomic E-state index is 0.384. The van der Waals surface area contributed by atoms with Crippen molar-refractivity contribution in [3.8, 4) is 0 Å². The van der Waals surface area contributed by atoms with Crippen molar-refractivity contribution >= 4 is 0 Å². The largest absolute Gasteiger partial charge is 0.366 e. The van der Waals surface area contributed by atoms with Gasteiger partial charge in [-0.05, 0) is 32.5 Å². The van der Waals surface area contributed by atoms with Crippen molar-refractivity contribution in [2.75, 3.05) is 33.8 Å². The Bertz CT molecular complexity index is 155. The molecule has 0 aromatic heterocycles. The summed E-state index contributed by atoms with van der Waals surface area (Å²) in [6.45, 7) is 3.60. The fourth-order valence-corrected chi connectivity index (χ4v) is 2.49. The lowest BCUT2D eigenvalue weighted by Gasteiger charge is -2.47. The molecular formula is C9H18N2O. The van der Waals surface area contributed by atoms with E-state index < -0.39 is 0 Å². The van der Waals surface area contributed by atoms with Crippen LogP contribution in [0.25, 0.3) is 0 Å². The van der Waals surface area contributed by atoms with Gasteiger partial charge in [0.1, 0.15) is 6.23 Å². The van der Waals surface area contributed by atoms with Gasteiger partial charge in [0, 0.05) is 19.6 Å². The van der Waals surface area contributed by atoms with Crippen molar-refractivity contribution in [3.05, 3.63) is 0 Å². The molecule has 2 heterocycles. The lowest BCUT2D eigenvalue weighted by molar-refractivity contribution is -0.153. The monoisotopic (exact) mass is 170 g/mol. The maximum Gasteiger partial charge on any atom is 0.114 e. The van der Waals surface area contributed by atoms with Crippen LogP contribution in [-0.4, -0.2) is 44.9 Å². The summed E-state index contributed by atoms with van der Waals surface area (Å²) < 4.78 is 5.42. The van der Waals surface area contributed by atoms with Gasteiger partial charge in [0.25, 0.3) is 0 Å². The number of rotatable bonds is 2. The number of nitrogens with zero attached hydrogens (tertiary/aromatic N) is 1. The molecule has 0 bridgehead atoms. The number of methoxy groups -OCH3 is 1. The molecule has 0 aromatic carbocycles. The van der Waals surface area contributed by atoms with Crippen LogP contribution in [0.1, 0.15) is 6.42 Å². The number of hydrogen-bond acceptors (Lipinski definition) is 3. The Morgan fingerprint density at radius 2 is 2.33 bits per heavy atom. The highest BCUT2D eigenvalue weighted by atomic mass is 16.5. The predicted molar refractivity (Wildman–Crippen MR) is 47.9 cm³/mol. The van der Waals surface area contributed by atoms with Gasteiger partial charge >= 0.3 is 0 Å². The summed E-state index contributed by atoms with van der Waals surface area (Å²) in [6.07, 6.45) is 1.72. The summed E-state index contributed by atoms with van der Waals surface area (Å²) in [6, 6.07) is 0. The molecule has 3 atom stereocenters. The van der Waals surface area contributed by atoms with E-state index in [1.54, 1.807) is 0 Å². The zero-order valence-electron chi connectivity index (χ0n) is 7.92. The van der Waals surface area contributed by atoms with Crippen LogP contribution >= 0.6 is 0 Å². The topological polar surface area (TPSA) is 24.5 Å². The normalized spacial score (nSPS) is 43.0. The first-order valence-electron chi connectivity index (χ1n) is 4.76. The minimum Gasteiger partial charge on any atom is -0.366 e. The molecule has 0 saturated carbocycles. The SMILES string of the molecule is COC1C(C2CCNC2)CN1C. The summed E-state index contributed by atoms with van der Waals surface area (Å²) in [4.78, 5) is 2.28. The van der Waals surface area contributed by atoms with Crippen LogP contribution in [0.15, 0.2) is 0 Å². The van der Waals surface area contributed by atoms with Crippen LogP contribution in [0.5, 0.6) is 0 Å². The first-order valence-corrected chi connectivity index (χ1v) is 4.76. The lowest BCUT2D eigenvalue weighted by atomic mass is 9.83. The van der Waals surface area contributed by atoms with Crippen molar-refractivity contribution in [2.45, 2.75) is 12.6 Å². The van der Waals surface area contributed by atoms with Crippen LogP contribution in [0.3, 0.4) is 0 Å². The third-order valence-corrected chi connectivity index (χ3v) is 3.24. The van der Waals surface area contributed by atoms with Crippen molar-refractivity contribution in [1.29, 1.82) is 0 Å². The fraction of sp³-hybridized carbons (Fsp3) is 1.00. The van der Waals surface area contributed by atoms with Crippen LogP contribution in [0.2, 0.25) is 0 Å². The van der Waals surface area contributed by atoms with Crippen LogP contribution in [0.4, 0.5) is 0 Å². The van der Waals surface area contributed by atoms with Crippen LogP contribution in [0, 0.1) is 11.8 Å². The van der Waals surface area contributed by atoms with E-state index >= 15 is 0 Å². The zero-order valence-corrected chi connectivity index (χ0v) is 7.92. The Kier molecular flexibility index (Phi) is 2.35. The summed E-state index contributed by atoms with van der Waals surface area (Å²) >= 11 is 0. The fourth-order valence-electron chi connectivity index (χ4n) is 2.49. The molecule has 0 radical (unpaired) electrons. The van der Waals surface area contributed by atoms with Gasteiger partial charge in [0.05, 0.1) is 0 Å². The van der Waals surface area contributed by atoms with E-state index in [4.69, 9.17) is 4.74 Å². The molecule has 3 nitrogen and oxygen atoms in total. The molecule has 12 heavy (non-hydrogen) atoms.